The number of carboxylic acid groups (broad SMARTS) is 2. The number of aliphatic carboxylic acids is 2. The van der Waals surface area contributed by atoms with Crippen molar-refractivity contribution in [2.45, 2.75) is 162 Å². The van der Waals surface area contributed by atoms with Gasteiger partial charge in [-0.25, -0.2) is 25.7 Å². The molecule has 82 heavy (non-hydrogen) atoms. The number of amides is 1. The molecule has 47 heteroatoms. The molecule has 0 aromatic rings. The minimum atomic E-state index is -5.95. The summed E-state index contributed by atoms with van der Waals surface area (Å²) < 4.78 is 236. The van der Waals surface area contributed by atoms with Crippen LogP contribution in [0.4, 0.5) is 0 Å². The first-order chi connectivity index (χ1) is 37.4. The number of methoxy groups -OCH3 is 1. The summed E-state index contributed by atoms with van der Waals surface area (Å²) in [4.78, 5) is 37.1. The zero-order valence-corrected chi connectivity index (χ0v) is 46.1. The molecule has 1 amide bonds. The van der Waals surface area contributed by atoms with Crippen molar-refractivity contribution in [3.8, 4) is 0 Å². The minimum Gasteiger partial charge on any atom is -0.481 e. The number of carbonyl (C=O) groups excluding carboxylic acids is 1. The van der Waals surface area contributed by atoms with Gasteiger partial charge < -0.3 is 93.9 Å². The molecule has 480 valence electrons. The lowest BCUT2D eigenvalue weighted by Gasteiger charge is -2.49. The van der Waals surface area contributed by atoms with Gasteiger partial charge in [0.25, 0.3) is 0 Å². The first-order valence-electron chi connectivity index (χ1n) is 22.8. The fourth-order valence-corrected chi connectivity index (χ4v) is 10.5. The summed E-state index contributed by atoms with van der Waals surface area (Å²) in [6.07, 6.45) is -52.9. The Morgan fingerprint density at radius 1 is 0.549 bits per heavy atom. The van der Waals surface area contributed by atoms with E-state index in [0.717, 1.165) is 21.0 Å². The van der Waals surface area contributed by atoms with Gasteiger partial charge in [0.05, 0.1) is 38.4 Å². The third-order valence-electron chi connectivity index (χ3n) is 12.2. The number of aliphatic hydroxyl groups is 7. The molecule has 15 N–H and O–H groups in total. The Bertz CT molecular complexity index is 2740. The first kappa shape index (κ1) is 71.6. The number of hydrogen-bond donors (Lipinski definition) is 15. The van der Waals surface area contributed by atoms with Crippen molar-refractivity contribution in [1.29, 1.82) is 0 Å². The molecule has 4 heterocycles. The number of carboxylic acids is 2. The molecule has 4 aliphatic heterocycles. The highest BCUT2D eigenvalue weighted by molar-refractivity contribution is 7.81. The summed E-state index contributed by atoms with van der Waals surface area (Å²) in [6, 6.07) is -1.95. The van der Waals surface area contributed by atoms with Crippen LogP contribution in [0.15, 0.2) is 0 Å². The lowest BCUT2D eigenvalue weighted by atomic mass is 9.91. The summed E-state index contributed by atoms with van der Waals surface area (Å²) in [7, 11) is -27.0. The average molecular weight is 1310 g/mol. The van der Waals surface area contributed by atoms with E-state index in [1.54, 1.807) is 0 Å². The SMILES string of the molecule is CO[C@H]1OC(COS(=O)(=O)O)[C@@H](O[C@H](O)[C@@H](OS(=O)(=O)O)C(O)[C@@H](CC(=O)O)O[C@H]2OC(COS(=O)(=O)O)[C@@H](O[C@@H]3OC(C(=O)O)[C@@H](O[C@H]4OC(COS(=O)(=O)O)[C@@H](O)C(O)C4NC(C)=O)C(O)C3O)[C@H](OS(=O)(=O)O)C2C)[C@H](O)C1C. The zero-order chi connectivity index (χ0) is 62.5. The standard InChI is InChI=1S/C35H59NO41S5/c1-9-18(40)25(14(70-32(9)64-4)7-66-79(52,53)54)72-31(48)28(77-82(61,62)63)20(42)12(5-16(38)39)68-33-10(2)24(76-81(58,59)60)26(15(71-33)8-67-80(55,56)57)73-35-23(45)22(44)27(29(75-35)30(46)47)74-34-17(36-11(3)37)21(43)19(41)13(69-34)6-65-78(49,50)51/h9-10,12-15,17-29,31-35,40-45,48H,5-8H2,1-4H3,(H,36,37)(H,38,39)(H,46,47)(H,49,50,51)(H,52,53,54)(H,55,56,57)(H,58,59,60)(H,61,62,63)/t9?,10?,12-,13?,14?,15?,17?,18-,19-,20?,21?,22?,23?,24-,25-,26-,27+,28+,29?,31+,32+,33+,34-,35-/m1/s1. The molecule has 24 atom stereocenters. The van der Waals surface area contributed by atoms with Crippen LogP contribution in [0.25, 0.3) is 0 Å². The number of aliphatic hydroxyl groups excluding tert-OH is 7. The summed E-state index contributed by atoms with van der Waals surface area (Å²) in [5.74, 6) is -8.41. The van der Waals surface area contributed by atoms with Gasteiger partial charge in [-0.3, -0.25) is 32.4 Å². The number of ether oxygens (including phenoxy) is 9. The molecule has 4 fully saturated rings. The van der Waals surface area contributed by atoms with E-state index in [2.05, 4.69) is 22.0 Å². The quantitative estimate of drug-likeness (QED) is 0.0244. The topological polar surface area (TPSA) is 646 Å². The van der Waals surface area contributed by atoms with Gasteiger partial charge in [0.1, 0.15) is 79.3 Å². The van der Waals surface area contributed by atoms with Crippen LogP contribution in [0.3, 0.4) is 0 Å². The second kappa shape index (κ2) is 28.8. The maximum absolute atomic E-state index is 12.7. The van der Waals surface area contributed by atoms with Crippen molar-refractivity contribution in [2.75, 3.05) is 26.9 Å². The largest absolute Gasteiger partial charge is 0.481 e. The smallest absolute Gasteiger partial charge is 0.397 e. The van der Waals surface area contributed by atoms with Gasteiger partial charge in [-0.15, -0.1) is 0 Å². The molecule has 0 aliphatic carbocycles. The third-order valence-corrected chi connectivity index (χ3v) is 14.4. The molecule has 0 radical (unpaired) electrons. The molecule has 0 spiro atoms. The van der Waals surface area contributed by atoms with E-state index in [-0.39, 0.29) is 0 Å². The predicted molar refractivity (Wildman–Crippen MR) is 244 cm³/mol. The van der Waals surface area contributed by atoms with Gasteiger partial charge in [-0.05, 0) is 0 Å². The van der Waals surface area contributed by atoms with Crippen LogP contribution in [0.5, 0.6) is 0 Å². The minimum absolute atomic E-state index is 0.811. The zero-order valence-electron chi connectivity index (χ0n) is 42.0. The Balaban J connectivity index is 1.74. The van der Waals surface area contributed by atoms with Crippen molar-refractivity contribution in [2.24, 2.45) is 11.8 Å². The second-order valence-corrected chi connectivity index (χ2v) is 23.5. The lowest BCUT2D eigenvalue weighted by Crippen LogP contribution is -2.68. The predicted octanol–water partition coefficient (Wildman–Crippen LogP) is -9.27. The van der Waals surface area contributed by atoms with E-state index in [1.807, 2.05) is 0 Å². The Hall–Kier alpha value is -2.88. The van der Waals surface area contributed by atoms with Crippen molar-refractivity contribution in [3.05, 3.63) is 0 Å². The Kier molecular flexibility index (Phi) is 25.1. The van der Waals surface area contributed by atoms with Crippen LogP contribution in [-0.4, -0.2) is 291 Å². The van der Waals surface area contributed by atoms with Gasteiger partial charge >= 0.3 is 63.9 Å². The van der Waals surface area contributed by atoms with Crippen LogP contribution in [-0.2, 0) is 130 Å². The van der Waals surface area contributed by atoms with E-state index in [9.17, 15) is 116 Å². The molecule has 11 unspecified atom stereocenters. The molecule has 4 saturated heterocycles. The van der Waals surface area contributed by atoms with Crippen LogP contribution < -0.4 is 5.32 Å². The van der Waals surface area contributed by atoms with Gasteiger partial charge in [0, 0.05) is 25.9 Å². The molecule has 0 bridgehead atoms. The fraction of sp³-hybridized carbons (Fsp3) is 0.914. The van der Waals surface area contributed by atoms with Crippen molar-refractivity contribution >= 4 is 69.8 Å². The summed E-state index contributed by atoms with van der Waals surface area (Å²) in [6.45, 7) is -1.31. The molecule has 4 rings (SSSR count). The summed E-state index contributed by atoms with van der Waals surface area (Å²) in [5.41, 5.74) is 0. The molecule has 42 nitrogen and oxygen atoms in total. The number of nitrogens with one attached hydrogen (secondary N) is 1. The van der Waals surface area contributed by atoms with Crippen molar-refractivity contribution in [1.82, 2.24) is 5.32 Å². The maximum Gasteiger partial charge on any atom is 0.397 e. The van der Waals surface area contributed by atoms with Crippen molar-refractivity contribution in [3.63, 3.8) is 0 Å². The molecule has 0 aromatic heterocycles. The summed E-state index contributed by atoms with van der Waals surface area (Å²) >= 11 is 0. The Labute approximate surface area is 463 Å². The van der Waals surface area contributed by atoms with Crippen LogP contribution in [0.2, 0.25) is 0 Å². The maximum atomic E-state index is 12.7. The van der Waals surface area contributed by atoms with E-state index in [1.165, 1.54) is 6.92 Å². The van der Waals surface area contributed by atoms with Crippen molar-refractivity contribution < 1.29 is 189 Å². The van der Waals surface area contributed by atoms with E-state index < -0.39 is 243 Å². The normalized spacial score (nSPS) is 36.8. The third kappa shape index (κ3) is 20.6. The highest BCUT2D eigenvalue weighted by Crippen LogP contribution is 2.38. The molecular formula is C35H59NO41S5. The van der Waals surface area contributed by atoms with E-state index in [4.69, 9.17) is 55.9 Å². The second-order valence-electron chi connectivity index (χ2n) is 18.1. The lowest BCUT2D eigenvalue weighted by molar-refractivity contribution is -0.367. The highest BCUT2D eigenvalue weighted by Gasteiger charge is 2.57. The van der Waals surface area contributed by atoms with E-state index in [0.29, 0.717) is 0 Å². The molecule has 0 saturated carbocycles. The van der Waals surface area contributed by atoms with E-state index >= 15 is 0 Å². The Morgan fingerprint density at radius 3 is 1.52 bits per heavy atom. The number of hydrogen-bond acceptors (Lipinski definition) is 34. The first-order valence-corrected chi connectivity index (χ1v) is 29.7. The molecular weight excluding hydrogens is 1250 g/mol. The van der Waals surface area contributed by atoms with Gasteiger partial charge in [-0.1, -0.05) is 13.8 Å². The Morgan fingerprint density at radius 2 is 1.05 bits per heavy atom. The van der Waals surface area contributed by atoms with Crippen LogP contribution in [0.1, 0.15) is 27.2 Å². The number of carbonyl (C=O) groups is 3. The van der Waals surface area contributed by atoms with Crippen LogP contribution in [0, 0.1) is 11.8 Å². The van der Waals surface area contributed by atoms with Gasteiger partial charge in [0.2, 0.25) is 5.91 Å². The fourth-order valence-electron chi connectivity index (χ4n) is 8.50. The number of rotatable bonds is 29. The highest BCUT2D eigenvalue weighted by atomic mass is 32.3. The molecule has 4 aliphatic rings. The van der Waals surface area contributed by atoms with Gasteiger partial charge in [-0.2, -0.15) is 42.1 Å². The monoisotopic (exact) mass is 1310 g/mol. The molecule has 0 aromatic carbocycles. The average Bonchev–Trinajstić information content (AvgIpc) is 3.33. The van der Waals surface area contributed by atoms with Crippen LogP contribution >= 0.6 is 0 Å². The summed E-state index contributed by atoms with van der Waals surface area (Å²) in [5, 5.41) is 100. The van der Waals surface area contributed by atoms with Gasteiger partial charge in [0.15, 0.2) is 43.7 Å².